The summed E-state index contributed by atoms with van der Waals surface area (Å²) < 4.78 is 64.6. The van der Waals surface area contributed by atoms with Crippen LogP contribution >= 0.6 is 0 Å². The largest absolute Gasteiger partial charge is 0.490 e. The Kier molecular flexibility index (Phi) is 88.6. The first-order valence-electron chi connectivity index (χ1n) is 63.0. The van der Waals surface area contributed by atoms with Gasteiger partial charge in [0.25, 0.3) is 0 Å². The minimum absolute atomic E-state index is 0.303. The van der Waals surface area contributed by atoms with Crippen molar-refractivity contribution < 1.29 is 47.4 Å². The van der Waals surface area contributed by atoms with Crippen molar-refractivity contribution in [1.29, 1.82) is 0 Å². The molecule has 14 heteroatoms. The van der Waals surface area contributed by atoms with Gasteiger partial charge in [-0.3, -0.25) is 0 Å². The Bertz CT molecular complexity index is 3150. The lowest BCUT2D eigenvalue weighted by Crippen LogP contribution is -2.52. The molecule has 0 unspecified atom stereocenters. The summed E-state index contributed by atoms with van der Waals surface area (Å²) in [5.41, 5.74) is 7.21. The standard InChI is InChI=1S/C128H231N4O10/c1-10-19-28-37-46-55-64-73-82-91-100-134-118-109-115(110-119(135-101-92-83-74-65-56-47-38-29-20-11-2)124(118)140-106-97-88-79-70-61-52-43-34-25-16-7)127-129-131(116-111-120(136-102-93-84-75-66-57-48-39-30-21-12-3)125(141-107-98-89-80-71-62-53-44-35-26-17-8)121(112-116)137-103-94-85-76-67-58-49-40-31-22-13-4)128(133)132(130-127)117-113-122(138-104-95-86-77-68-59-50-41-32-23-14-5)126(142-108-99-90-81-72-63-54-45-36-27-18-9)123(114-117)139-105-96-87-78-69-60-51-42-33-24-15-6/h109-114H,10-108H2,1-9H3. The first-order chi connectivity index (χ1) is 70.3. The monoisotopic (exact) mass is 1980 g/mol. The minimum Gasteiger partial charge on any atom is -0.490 e. The number of hydrazone groups is 1. The van der Waals surface area contributed by atoms with Gasteiger partial charge in [0.15, 0.2) is 34.5 Å². The molecule has 0 aromatic heterocycles. The molecule has 0 saturated carbocycles. The van der Waals surface area contributed by atoms with Crippen LogP contribution in [-0.4, -0.2) is 71.3 Å². The molecule has 1 heterocycles. The van der Waals surface area contributed by atoms with E-state index in [1.165, 1.54) is 462 Å². The number of nitrogens with zero attached hydrogens (tertiary/aromatic N) is 4. The zero-order chi connectivity index (χ0) is 101. The SMILES string of the molecule is CCCCCCCCCCCCOc1cc(C2=NN(c3cc(OCCCCCCCCCCCC)c(OCCCCCCCCCCCC)c(OCCCCCCCCCCCC)c3)C(=O)N(c3cc(OCCCCCCCCCCCC)c(OCCCCCCCCCCCC)c(OCCCCCCCCCCCC)c3)[N]2)cc(OCCCCCCCCCCCC)c1OCCCCCCCCCCCC. The maximum absolute atomic E-state index is 17.0. The molecule has 1 aliphatic heterocycles. The Morgan fingerprint density at radius 3 is 0.465 bits per heavy atom. The molecule has 14 nitrogen and oxygen atoms in total. The van der Waals surface area contributed by atoms with Crippen LogP contribution in [0.1, 0.15) is 646 Å². The summed E-state index contributed by atoms with van der Waals surface area (Å²) in [4.78, 5) is 17.0. The van der Waals surface area contributed by atoms with E-state index >= 15 is 4.79 Å². The number of amidine groups is 1. The summed E-state index contributed by atoms with van der Waals surface area (Å²) in [6.45, 7) is 25.3. The molecular formula is C128H231N4O10. The van der Waals surface area contributed by atoms with Gasteiger partial charge in [0.05, 0.1) is 70.8 Å². The van der Waals surface area contributed by atoms with Crippen LogP contribution in [0.4, 0.5) is 16.2 Å². The van der Waals surface area contributed by atoms with E-state index in [2.05, 4.69) is 74.4 Å². The van der Waals surface area contributed by atoms with Crippen molar-refractivity contribution in [2.75, 3.05) is 69.5 Å². The smallest absolute Gasteiger partial charge is 0.370 e. The van der Waals surface area contributed by atoms with Gasteiger partial charge >= 0.3 is 6.03 Å². The molecule has 0 saturated heterocycles. The van der Waals surface area contributed by atoms with Crippen LogP contribution in [0.2, 0.25) is 0 Å². The highest BCUT2D eigenvalue weighted by Gasteiger charge is 2.37. The van der Waals surface area contributed by atoms with Crippen LogP contribution < -0.4 is 58.1 Å². The van der Waals surface area contributed by atoms with E-state index < -0.39 is 6.03 Å². The Morgan fingerprint density at radius 1 is 0.169 bits per heavy atom. The Balaban J connectivity index is 2.12. The quantitative estimate of drug-likeness (QED) is 0.0503. The second-order valence-electron chi connectivity index (χ2n) is 43.0. The molecule has 0 aliphatic carbocycles. The van der Waals surface area contributed by atoms with E-state index in [0.717, 1.165) is 116 Å². The maximum atomic E-state index is 17.0. The summed E-state index contributed by atoms with van der Waals surface area (Å²) in [6.07, 6.45) is 110. The molecule has 4 rings (SSSR count). The van der Waals surface area contributed by atoms with Crippen molar-refractivity contribution in [2.24, 2.45) is 5.10 Å². The first-order valence-corrected chi connectivity index (χ1v) is 63.0. The maximum Gasteiger partial charge on any atom is 0.370 e. The zero-order valence-corrected chi connectivity index (χ0v) is 95.3. The Hall–Kier alpha value is -5.40. The molecule has 0 atom stereocenters. The second-order valence-corrected chi connectivity index (χ2v) is 43.0. The molecule has 0 spiro atoms. The van der Waals surface area contributed by atoms with Gasteiger partial charge in [-0.1, -0.05) is 582 Å². The zero-order valence-electron chi connectivity index (χ0n) is 95.3. The van der Waals surface area contributed by atoms with E-state index in [1.54, 1.807) is 10.0 Å². The van der Waals surface area contributed by atoms with Crippen LogP contribution in [0.15, 0.2) is 41.5 Å². The van der Waals surface area contributed by atoms with Crippen molar-refractivity contribution in [3.05, 3.63) is 42.0 Å². The Morgan fingerprint density at radius 2 is 0.303 bits per heavy atom. The summed E-state index contributed by atoms with van der Waals surface area (Å²) >= 11 is 0. The number of unbranched alkanes of at least 4 members (excludes halogenated alkanes) is 81. The van der Waals surface area contributed by atoms with Crippen LogP contribution in [0.3, 0.4) is 0 Å². The molecule has 2 amide bonds. The topological polar surface area (TPSA) is 133 Å². The number of rotatable bonds is 111. The number of hydrogen-bond donors (Lipinski definition) is 0. The predicted molar refractivity (Wildman–Crippen MR) is 614 cm³/mol. The molecule has 0 bridgehead atoms. The van der Waals surface area contributed by atoms with E-state index in [1.807, 2.05) is 24.3 Å². The highest BCUT2D eigenvalue weighted by molar-refractivity contribution is 6.13. The van der Waals surface area contributed by atoms with Crippen molar-refractivity contribution in [2.45, 2.75) is 640 Å². The number of hydrogen-bond acceptors (Lipinski definition) is 11. The average Bonchev–Trinajstić information content (AvgIpc) is 0.759. The van der Waals surface area contributed by atoms with Crippen LogP contribution in [0.25, 0.3) is 0 Å². The van der Waals surface area contributed by atoms with Crippen molar-refractivity contribution in [1.82, 2.24) is 5.43 Å². The molecule has 142 heavy (non-hydrogen) atoms. The fraction of sp³-hybridized carbons (Fsp3) is 0.844. The lowest BCUT2D eigenvalue weighted by atomic mass is 10.1. The third kappa shape index (κ3) is 68.3. The van der Waals surface area contributed by atoms with Gasteiger partial charge in [-0.2, -0.15) is 10.0 Å². The summed E-state index contributed by atoms with van der Waals surface area (Å²) in [5.74, 6) is 5.56. The average molecular weight is 1990 g/mol. The third-order valence-electron chi connectivity index (χ3n) is 29.3. The molecule has 0 N–H and O–H groups in total. The van der Waals surface area contributed by atoms with Gasteiger partial charge < -0.3 is 42.6 Å². The summed E-state index contributed by atoms with van der Waals surface area (Å²) in [5, 5.41) is 8.68. The number of amides is 2. The van der Waals surface area contributed by atoms with E-state index in [0.29, 0.717) is 134 Å². The van der Waals surface area contributed by atoms with Crippen molar-refractivity contribution in [3.8, 4) is 51.7 Å². The number of carbonyl (C=O) groups excluding carboxylic acids is 1. The van der Waals surface area contributed by atoms with E-state index in [-0.39, 0.29) is 0 Å². The fourth-order valence-electron chi connectivity index (χ4n) is 19.9. The molecule has 1 aliphatic rings. The highest BCUT2D eigenvalue weighted by atomic mass is 16.6. The van der Waals surface area contributed by atoms with Crippen LogP contribution in [-0.2, 0) is 0 Å². The lowest BCUT2D eigenvalue weighted by Gasteiger charge is -2.33. The number of ether oxygens (including phenoxy) is 9. The van der Waals surface area contributed by atoms with E-state index in [9.17, 15) is 0 Å². The lowest BCUT2D eigenvalue weighted by molar-refractivity contribution is 0.233. The Labute approximate surface area is 879 Å². The second kappa shape index (κ2) is 97.7. The number of benzene rings is 3. The van der Waals surface area contributed by atoms with Gasteiger partial charge in [0.1, 0.15) is 0 Å². The molecule has 3 aromatic rings. The number of urea groups is 1. The van der Waals surface area contributed by atoms with Gasteiger partial charge in [0.2, 0.25) is 23.1 Å². The van der Waals surface area contributed by atoms with Crippen molar-refractivity contribution >= 4 is 23.2 Å². The van der Waals surface area contributed by atoms with Gasteiger partial charge in [-0.25, -0.2) is 4.79 Å². The molecule has 0 fully saturated rings. The molecule has 3 aromatic carbocycles. The van der Waals surface area contributed by atoms with Gasteiger partial charge in [0, 0.05) is 29.8 Å². The highest BCUT2D eigenvalue weighted by Crippen LogP contribution is 2.47. The van der Waals surface area contributed by atoms with Gasteiger partial charge in [-0.15, -0.1) is 10.5 Å². The fourth-order valence-corrected chi connectivity index (χ4v) is 19.9. The molecule has 1 radical (unpaired) electrons. The van der Waals surface area contributed by atoms with Crippen LogP contribution in [0, 0.1) is 0 Å². The predicted octanol–water partition coefficient (Wildman–Crippen LogP) is 42.7. The van der Waals surface area contributed by atoms with Crippen molar-refractivity contribution in [3.63, 3.8) is 0 Å². The summed E-state index contributed by atoms with van der Waals surface area (Å²) in [6, 6.07) is 11.7. The van der Waals surface area contributed by atoms with Crippen LogP contribution in [0.5, 0.6) is 51.7 Å². The van der Waals surface area contributed by atoms with Gasteiger partial charge in [-0.05, 0) is 69.9 Å². The van der Waals surface area contributed by atoms with E-state index in [4.69, 9.17) is 53.2 Å². The molecule has 823 valence electrons. The first kappa shape index (κ1) is 129. The minimum atomic E-state index is -0.476. The molecular weight excluding hydrogens is 1750 g/mol. The number of anilines is 2. The number of carbonyl (C=O) groups is 1. The third-order valence-corrected chi connectivity index (χ3v) is 29.3. The summed E-state index contributed by atoms with van der Waals surface area (Å²) in [7, 11) is 0. The normalized spacial score (nSPS) is 12.2.